The van der Waals surface area contributed by atoms with Crippen LogP contribution in [0.4, 0.5) is 5.69 Å². The lowest BCUT2D eigenvalue weighted by Gasteiger charge is -2.07. The van der Waals surface area contributed by atoms with Gasteiger partial charge in [-0.2, -0.15) is 0 Å². The SMILES string of the molecule is NC(=O)c1cccc(Oc2ncc(N)cc2Br)c1. The lowest BCUT2D eigenvalue weighted by Crippen LogP contribution is -2.10. The summed E-state index contributed by atoms with van der Waals surface area (Å²) in [6, 6.07) is 8.23. The van der Waals surface area contributed by atoms with Gasteiger partial charge in [0.25, 0.3) is 0 Å². The molecule has 4 N–H and O–H groups in total. The van der Waals surface area contributed by atoms with Crippen LogP contribution in [0.5, 0.6) is 11.6 Å². The average molecular weight is 308 g/mol. The number of primary amides is 1. The molecule has 92 valence electrons. The molecule has 18 heavy (non-hydrogen) atoms. The van der Waals surface area contributed by atoms with Gasteiger partial charge in [-0.15, -0.1) is 0 Å². The van der Waals surface area contributed by atoms with Gasteiger partial charge in [0.05, 0.1) is 16.4 Å². The topological polar surface area (TPSA) is 91.2 Å². The van der Waals surface area contributed by atoms with Gasteiger partial charge in [0.1, 0.15) is 5.75 Å². The highest BCUT2D eigenvalue weighted by atomic mass is 79.9. The molecule has 0 aliphatic carbocycles. The third kappa shape index (κ3) is 2.78. The monoisotopic (exact) mass is 307 g/mol. The molecule has 0 unspecified atom stereocenters. The molecule has 0 atom stereocenters. The molecule has 0 radical (unpaired) electrons. The Morgan fingerprint density at radius 1 is 1.33 bits per heavy atom. The Bertz CT molecular complexity index is 602. The number of benzene rings is 1. The first-order chi connectivity index (χ1) is 8.56. The number of rotatable bonds is 3. The first-order valence-corrected chi connectivity index (χ1v) is 5.84. The molecule has 0 aliphatic rings. The molecule has 1 aromatic carbocycles. The van der Waals surface area contributed by atoms with E-state index in [0.717, 1.165) is 0 Å². The largest absolute Gasteiger partial charge is 0.438 e. The van der Waals surface area contributed by atoms with E-state index in [0.29, 0.717) is 27.4 Å². The summed E-state index contributed by atoms with van der Waals surface area (Å²) < 4.78 is 6.17. The highest BCUT2D eigenvalue weighted by molar-refractivity contribution is 9.10. The molecule has 1 heterocycles. The van der Waals surface area contributed by atoms with Gasteiger partial charge in [0.15, 0.2) is 0 Å². The number of hydrogen-bond donors (Lipinski definition) is 2. The molecule has 0 saturated carbocycles. The molecule has 0 fully saturated rings. The van der Waals surface area contributed by atoms with E-state index in [9.17, 15) is 4.79 Å². The van der Waals surface area contributed by atoms with Crippen LogP contribution in [0.25, 0.3) is 0 Å². The number of nitrogens with zero attached hydrogens (tertiary/aromatic N) is 1. The first kappa shape index (κ1) is 12.4. The summed E-state index contributed by atoms with van der Waals surface area (Å²) in [5.74, 6) is 0.333. The van der Waals surface area contributed by atoms with Crippen molar-refractivity contribution in [3.8, 4) is 11.6 Å². The Labute approximate surface area is 112 Å². The molecule has 2 aromatic rings. The molecule has 0 spiro atoms. The fourth-order valence-corrected chi connectivity index (χ4v) is 1.79. The molecule has 0 aliphatic heterocycles. The van der Waals surface area contributed by atoms with Crippen molar-refractivity contribution in [2.24, 2.45) is 5.73 Å². The van der Waals surface area contributed by atoms with Crippen molar-refractivity contribution in [1.29, 1.82) is 0 Å². The number of aromatic nitrogens is 1. The van der Waals surface area contributed by atoms with Crippen molar-refractivity contribution in [2.45, 2.75) is 0 Å². The number of hydrogen-bond acceptors (Lipinski definition) is 4. The molecule has 1 aromatic heterocycles. The number of carbonyl (C=O) groups is 1. The van der Waals surface area contributed by atoms with Gasteiger partial charge in [0.2, 0.25) is 11.8 Å². The van der Waals surface area contributed by atoms with E-state index in [4.69, 9.17) is 16.2 Å². The van der Waals surface area contributed by atoms with Gasteiger partial charge in [0, 0.05) is 5.56 Å². The second kappa shape index (κ2) is 5.05. The normalized spacial score (nSPS) is 10.1. The van der Waals surface area contributed by atoms with Crippen LogP contribution in [0.1, 0.15) is 10.4 Å². The smallest absolute Gasteiger partial charge is 0.248 e. The van der Waals surface area contributed by atoms with E-state index in [1.807, 2.05) is 0 Å². The quantitative estimate of drug-likeness (QED) is 0.910. The maximum absolute atomic E-state index is 11.0. The zero-order chi connectivity index (χ0) is 13.1. The van der Waals surface area contributed by atoms with Crippen LogP contribution in [-0.4, -0.2) is 10.9 Å². The molecule has 0 bridgehead atoms. The van der Waals surface area contributed by atoms with E-state index in [-0.39, 0.29) is 0 Å². The lowest BCUT2D eigenvalue weighted by atomic mass is 10.2. The minimum absolute atomic E-state index is 0.367. The number of carbonyl (C=O) groups excluding carboxylic acids is 1. The highest BCUT2D eigenvalue weighted by Crippen LogP contribution is 2.28. The molecule has 2 rings (SSSR count). The minimum Gasteiger partial charge on any atom is -0.438 e. The summed E-state index contributed by atoms with van der Waals surface area (Å²) in [4.78, 5) is 15.1. The summed E-state index contributed by atoms with van der Waals surface area (Å²) in [6.07, 6.45) is 1.48. The van der Waals surface area contributed by atoms with Crippen LogP contribution < -0.4 is 16.2 Å². The Balaban J connectivity index is 2.28. The first-order valence-electron chi connectivity index (χ1n) is 5.05. The third-order valence-corrected chi connectivity index (χ3v) is 2.73. The van der Waals surface area contributed by atoms with E-state index < -0.39 is 5.91 Å². The maximum atomic E-state index is 11.0. The number of halogens is 1. The fraction of sp³-hybridized carbons (Fsp3) is 0. The Hall–Kier alpha value is -2.08. The molecular formula is C12H10BrN3O2. The summed E-state index contributed by atoms with van der Waals surface area (Å²) in [5.41, 5.74) is 11.7. The number of anilines is 1. The molecule has 0 saturated heterocycles. The van der Waals surface area contributed by atoms with E-state index in [1.165, 1.54) is 6.20 Å². The van der Waals surface area contributed by atoms with Crippen molar-refractivity contribution in [3.63, 3.8) is 0 Å². The van der Waals surface area contributed by atoms with E-state index in [1.54, 1.807) is 30.3 Å². The lowest BCUT2D eigenvalue weighted by molar-refractivity contribution is 0.1000. The van der Waals surface area contributed by atoms with Gasteiger partial charge in [-0.25, -0.2) is 4.98 Å². The highest BCUT2D eigenvalue weighted by Gasteiger charge is 2.07. The van der Waals surface area contributed by atoms with Gasteiger partial charge < -0.3 is 16.2 Å². The number of nitrogen functional groups attached to an aromatic ring is 1. The van der Waals surface area contributed by atoms with Crippen molar-refractivity contribution in [1.82, 2.24) is 4.98 Å². The van der Waals surface area contributed by atoms with Crippen LogP contribution in [0.3, 0.4) is 0 Å². The van der Waals surface area contributed by atoms with Crippen molar-refractivity contribution in [2.75, 3.05) is 5.73 Å². The Morgan fingerprint density at radius 2 is 2.11 bits per heavy atom. The second-order valence-corrected chi connectivity index (χ2v) is 4.40. The van der Waals surface area contributed by atoms with Gasteiger partial charge in [-0.05, 0) is 40.2 Å². The van der Waals surface area contributed by atoms with Crippen molar-refractivity contribution >= 4 is 27.5 Å². The summed E-state index contributed by atoms with van der Waals surface area (Å²) in [6.45, 7) is 0. The van der Waals surface area contributed by atoms with Crippen LogP contribution in [0.2, 0.25) is 0 Å². The molecule has 5 nitrogen and oxygen atoms in total. The molecular weight excluding hydrogens is 298 g/mol. The van der Waals surface area contributed by atoms with Crippen LogP contribution in [0.15, 0.2) is 41.0 Å². The number of ether oxygens (including phenoxy) is 1. The third-order valence-electron chi connectivity index (χ3n) is 2.16. The standard InChI is InChI=1S/C12H10BrN3O2/c13-10-5-8(14)6-16-12(10)18-9-3-1-2-7(4-9)11(15)17/h1-6H,14H2,(H2,15,17). The van der Waals surface area contributed by atoms with E-state index in [2.05, 4.69) is 20.9 Å². The maximum Gasteiger partial charge on any atom is 0.248 e. The second-order valence-electron chi connectivity index (χ2n) is 3.55. The molecule has 6 heteroatoms. The predicted molar refractivity (Wildman–Crippen MR) is 71.4 cm³/mol. The summed E-state index contributed by atoms with van der Waals surface area (Å²) >= 11 is 3.29. The van der Waals surface area contributed by atoms with Gasteiger partial charge >= 0.3 is 0 Å². The fourth-order valence-electron chi connectivity index (χ4n) is 1.34. The zero-order valence-electron chi connectivity index (χ0n) is 9.26. The Kier molecular flexibility index (Phi) is 3.47. The van der Waals surface area contributed by atoms with Gasteiger partial charge in [-0.1, -0.05) is 6.07 Å². The van der Waals surface area contributed by atoms with Crippen molar-refractivity contribution < 1.29 is 9.53 Å². The van der Waals surface area contributed by atoms with E-state index >= 15 is 0 Å². The van der Waals surface area contributed by atoms with Crippen molar-refractivity contribution in [3.05, 3.63) is 46.6 Å². The summed E-state index contributed by atoms with van der Waals surface area (Å²) in [5, 5.41) is 0. The van der Waals surface area contributed by atoms with Crippen LogP contribution in [-0.2, 0) is 0 Å². The number of nitrogens with two attached hydrogens (primary N) is 2. The van der Waals surface area contributed by atoms with Crippen LogP contribution >= 0.6 is 15.9 Å². The summed E-state index contributed by atoms with van der Waals surface area (Å²) in [7, 11) is 0. The van der Waals surface area contributed by atoms with Gasteiger partial charge in [-0.3, -0.25) is 4.79 Å². The number of amides is 1. The number of pyridine rings is 1. The van der Waals surface area contributed by atoms with Crippen LogP contribution in [0, 0.1) is 0 Å². The molecule has 1 amide bonds. The predicted octanol–water partition coefficient (Wildman–Crippen LogP) is 2.32. The zero-order valence-corrected chi connectivity index (χ0v) is 10.8. The Morgan fingerprint density at radius 3 is 2.78 bits per heavy atom. The minimum atomic E-state index is -0.509. The average Bonchev–Trinajstić information content (AvgIpc) is 2.33.